The Kier molecular flexibility index (Phi) is 7.96. The lowest BCUT2D eigenvalue weighted by Crippen LogP contribution is -2.48. The fourth-order valence-corrected chi connectivity index (χ4v) is 4.99. The average Bonchev–Trinajstić information content (AvgIpc) is 3.33. The number of nitrogens with zero attached hydrogens (tertiary/aromatic N) is 2. The van der Waals surface area contributed by atoms with E-state index in [1.54, 1.807) is 6.07 Å². The summed E-state index contributed by atoms with van der Waals surface area (Å²) in [5.74, 6) is 0. The number of aliphatic hydroxyl groups is 1. The summed E-state index contributed by atoms with van der Waals surface area (Å²) in [6.45, 7) is 0.975. The van der Waals surface area contributed by atoms with E-state index in [0.717, 1.165) is 6.20 Å². The molecule has 1 aliphatic heterocycles. The maximum Gasteiger partial charge on any atom is 0.257 e. The second kappa shape index (κ2) is 10.3. The van der Waals surface area contributed by atoms with E-state index in [9.17, 15) is 17.9 Å². The zero-order chi connectivity index (χ0) is 21.7. The van der Waals surface area contributed by atoms with Gasteiger partial charge in [-0.2, -0.15) is 4.39 Å². The molecule has 1 saturated heterocycles. The van der Waals surface area contributed by atoms with E-state index in [1.807, 2.05) is 0 Å². The van der Waals surface area contributed by atoms with Crippen molar-refractivity contribution in [2.24, 2.45) is 0 Å². The Balaban J connectivity index is 1.67. The molecule has 166 valence electrons. The van der Waals surface area contributed by atoms with Crippen molar-refractivity contribution in [3.8, 4) is 0 Å². The number of halogens is 3. The summed E-state index contributed by atoms with van der Waals surface area (Å²) in [6.07, 6.45) is -1.61. The third kappa shape index (κ3) is 6.06. The SMILES string of the molecule is O=S(=O)(NN(c1ncc(F)s1)C(F)CCC(Cl)N[C@H]1CNC[C@@H]1O)c1ccccc1. The van der Waals surface area contributed by atoms with Crippen molar-refractivity contribution in [3.63, 3.8) is 0 Å². The highest BCUT2D eigenvalue weighted by atomic mass is 35.5. The van der Waals surface area contributed by atoms with Crippen LogP contribution in [0.15, 0.2) is 41.4 Å². The molecule has 3 rings (SSSR count). The number of hydrogen-bond donors (Lipinski definition) is 4. The summed E-state index contributed by atoms with van der Waals surface area (Å²) in [5.41, 5.74) is -0.650. The molecule has 4 N–H and O–H groups in total. The highest BCUT2D eigenvalue weighted by Crippen LogP contribution is 2.25. The number of β-amino-alcohol motifs (C(OH)–C–C–N with tert-alkyl or cyclic N) is 1. The highest BCUT2D eigenvalue weighted by Gasteiger charge is 2.30. The second-order valence-corrected chi connectivity index (χ2v) is 9.85. The van der Waals surface area contributed by atoms with Crippen molar-refractivity contribution in [2.45, 2.75) is 41.7 Å². The Morgan fingerprint density at radius 2 is 2.07 bits per heavy atom. The van der Waals surface area contributed by atoms with Gasteiger partial charge in [0.1, 0.15) is 0 Å². The first-order chi connectivity index (χ1) is 14.3. The number of aliphatic hydroxyl groups excluding tert-OH is 1. The fraction of sp³-hybridized carbons (Fsp3) is 0.471. The molecular formula is C17H22ClF2N5O3S2. The van der Waals surface area contributed by atoms with Crippen LogP contribution in [0.1, 0.15) is 12.8 Å². The van der Waals surface area contributed by atoms with Crippen molar-refractivity contribution in [1.82, 2.24) is 20.4 Å². The van der Waals surface area contributed by atoms with Crippen LogP contribution in [0.25, 0.3) is 0 Å². The van der Waals surface area contributed by atoms with Gasteiger partial charge in [-0.1, -0.05) is 29.5 Å². The molecule has 1 fully saturated rings. The van der Waals surface area contributed by atoms with Crippen LogP contribution in [0.5, 0.6) is 0 Å². The highest BCUT2D eigenvalue weighted by molar-refractivity contribution is 7.89. The Bertz CT molecular complexity index is 921. The maximum atomic E-state index is 15.1. The van der Waals surface area contributed by atoms with Crippen molar-refractivity contribution in [1.29, 1.82) is 0 Å². The summed E-state index contributed by atoms with van der Waals surface area (Å²) in [5, 5.41) is 15.6. The van der Waals surface area contributed by atoms with Gasteiger partial charge in [-0.15, -0.1) is 16.4 Å². The molecule has 0 bridgehead atoms. The van der Waals surface area contributed by atoms with E-state index in [4.69, 9.17) is 11.6 Å². The summed E-state index contributed by atoms with van der Waals surface area (Å²) in [4.78, 5) is 5.82. The van der Waals surface area contributed by atoms with Gasteiger partial charge in [0.05, 0.1) is 22.7 Å². The number of hydrogen-bond acceptors (Lipinski definition) is 8. The number of aromatic nitrogens is 1. The summed E-state index contributed by atoms with van der Waals surface area (Å²) in [6, 6.07) is 7.17. The van der Waals surface area contributed by atoms with Gasteiger partial charge < -0.3 is 10.4 Å². The Hall–Kier alpha value is -1.41. The predicted octanol–water partition coefficient (Wildman–Crippen LogP) is 1.55. The standard InChI is InChI=1S/C17H22ClF2N5O3S2/c18-14(23-12-8-21-9-13(12)26)6-7-15(19)25(17-22-10-16(20)29-17)24-30(27,28)11-4-2-1-3-5-11/h1-5,10,12-15,21,23-24,26H,6-9H2/t12-,13-,14?,15?/m0/s1. The van der Waals surface area contributed by atoms with Crippen LogP contribution in [0, 0.1) is 5.13 Å². The molecule has 13 heteroatoms. The van der Waals surface area contributed by atoms with E-state index < -0.39 is 33.1 Å². The molecule has 30 heavy (non-hydrogen) atoms. The van der Waals surface area contributed by atoms with Crippen LogP contribution >= 0.6 is 22.9 Å². The normalized spacial score (nSPS) is 21.5. The molecule has 1 aromatic carbocycles. The molecule has 4 atom stereocenters. The van der Waals surface area contributed by atoms with Gasteiger partial charge in [0.2, 0.25) is 5.13 Å². The van der Waals surface area contributed by atoms with E-state index >= 15 is 4.39 Å². The molecule has 1 aromatic heterocycles. The monoisotopic (exact) mass is 481 g/mol. The minimum absolute atomic E-state index is 0.0705. The molecule has 0 amide bonds. The first-order valence-corrected chi connectivity index (χ1v) is 11.9. The van der Waals surface area contributed by atoms with Gasteiger partial charge >= 0.3 is 0 Å². The summed E-state index contributed by atoms with van der Waals surface area (Å²) < 4.78 is 53.8. The summed E-state index contributed by atoms with van der Waals surface area (Å²) >= 11 is 6.72. The maximum absolute atomic E-state index is 15.1. The minimum atomic E-state index is -4.12. The quantitative estimate of drug-likeness (QED) is 0.232. The van der Waals surface area contributed by atoms with Gasteiger partial charge in [0.15, 0.2) is 11.4 Å². The number of thiazole rings is 1. The van der Waals surface area contributed by atoms with E-state index in [-0.39, 0.29) is 28.9 Å². The number of benzene rings is 1. The van der Waals surface area contributed by atoms with Crippen LogP contribution in [0.2, 0.25) is 0 Å². The second-order valence-electron chi connectivity index (χ2n) is 6.70. The number of anilines is 1. The zero-order valence-corrected chi connectivity index (χ0v) is 18.1. The minimum Gasteiger partial charge on any atom is -0.390 e. The van der Waals surface area contributed by atoms with Gasteiger partial charge in [-0.3, -0.25) is 5.32 Å². The number of nitrogens with one attached hydrogen (secondary N) is 3. The lowest BCUT2D eigenvalue weighted by molar-refractivity contribution is 0.160. The third-order valence-corrected chi connectivity index (χ3v) is 6.92. The van der Waals surface area contributed by atoms with E-state index in [1.165, 1.54) is 24.3 Å². The third-order valence-electron chi connectivity index (χ3n) is 4.46. The molecular weight excluding hydrogens is 460 g/mol. The molecule has 0 spiro atoms. The van der Waals surface area contributed by atoms with Crippen molar-refractivity contribution >= 4 is 38.1 Å². The average molecular weight is 482 g/mol. The molecule has 1 aliphatic rings. The van der Waals surface area contributed by atoms with E-state index in [0.29, 0.717) is 29.4 Å². The van der Waals surface area contributed by atoms with Crippen molar-refractivity contribution in [3.05, 3.63) is 41.7 Å². The number of alkyl halides is 2. The van der Waals surface area contributed by atoms with E-state index in [2.05, 4.69) is 20.4 Å². The molecule has 2 unspecified atom stereocenters. The van der Waals surface area contributed by atoms with Crippen molar-refractivity contribution < 1.29 is 22.3 Å². The van der Waals surface area contributed by atoms with Crippen LogP contribution in [-0.4, -0.2) is 55.5 Å². The fourth-order valence-electron chi connectivity index (χ4n) is 2.92. The van der Waals surface area contributed by atoms with Gasteiger partial charge in [0.25, 0.3) is 10.0 Å². The van der Waals surface area contributed by atoms with Gasteiger partial charge in [-0.25, -0.2) is 22.8 Å². The molecule has 8 nitrogen and oxygen atoms in total. The number of sulfonamides is 1. The van der Waals surface area contributed by atoms with Gasteiger partial charge in [0, 0.05) is 25.6 Å². The first kappa shape index (κ1) is 23.3. The molecule has 0 saturated carbocycles. The van der Waals surface area contributed by atoms with Crippen LogP contribution in [0.3, 0.4) is 0 Å². The zero-order valence-electron chi connectivity index (χ0n) is 15.7. The van der Waals surface area contributed by atoms with Crippen LogP contribution in [0.4, 0.5) is 13.9 Å². The topological polar surface area (TPSA) is 107 Å². The molecule has 0 aliphatic carbocycles. The summed E-state index contributed by atoms with van der Waals surface area (Å²) in [7, 11) is -4.12. The smallest absolute Gasteiger partial charge is 0.257 e. The van der Waals surface area contributed by atoms with Gasteiger partial charge in [-0.05, 0) is 18.6 Å². The van der Waals surface area contributed by atoms with Crippen LogP contribution < -0.4 is 20.5 Å². The predicted molar refractivity (Wildman–Crippen MR) is 111 cm³/mol. The first-order valence-electron chi connectivity index (χ1n) is 9.17. The Labute approximate surface area is 182 Å². The Morgan fingerprint density at radius 1 is 1.33 bits per heavy atom. The number of rotatable bonds is 10. The number of hydrazine groups is 1. The molecule has 2 aromatic rings. The van der Waals surface area contributed by atoms with Crippen LogP contribution in [-0.2, 0) is 10.0 Å². The Morgan fingerprint density at radius 3 is 2.67 bits per heavy atom. The lowest BCUT2D eigenvalue weighted by Gasteiger charge is -2.27. The molecule has 0 radical (unpaired) electrons. The lowest BCUT2D eigenvalue weighted by atomic mass is 10.2. The largest absolute Gasteiger partial charge is 0.390 e. The molecule has 2 heterocycles. The van der Waals surface area contributed by atoms with Crippen molar-refractivity contribution in [2.75, 3.05) is 18.1 Å².